The van der Waals surface area contributed by atoms with Crippen molar-refractivity contribution in [3.05, 3.63) is 0 Å². The third kappa shape index (κ3) is 3.21. The number of nitrogens with one attached hydrogen (secondary N) is 1. The molecule has 3 N–H and O–H groups in total. The Balaban J connectivity index is 1.61. The first-order valence-electron chi connectivity index (χ1n) is 6.79. The van der Waals surface area contributed by atoms with Crippen LogP contribution in [0.4, 0.5) is 0 Å². The van der Waals surface area contributed by atoms with E-state index in [4.69, 9.17) is 5.73 Å². The van der Waals surface area contributed by atoms with Gasteiger partial charge in [0.25, 0.3) is 0 Å². The van der Waals surface area contributed by atoms with Gasteiger partial charge in [0.1, 0.15) is 0 Å². The molecule has 0 spiro atoms. The number of nitrogens with two attached hydrogens (primary N) is 1. The SMILES string of the molecule is NCC1CCCC1C(=O)NCCCC1CC1. The number of amides is 1. The standard InChI is InChI=1S/C13H24N2O/c14-9-11-4-1-5-12(11)13(16)15-8-2-3-10-6-7-10/h10-12H,1-9,14H2,(H,15,16). The van der Waals surface area contributed by atoms with Gasteiger partial charge in [-0.05, 0) is 44.1 Å². The maximum atomic E-state index is 11.9. The summed E-state index contributed by atoms with van der Waals surface area (Å²) in [5.74, 6) is 1.86. The molecule has 92 valence electrons. The van der Waals surface area contributed by atoms with Crippen molar-refractivity contribution in [3.8, 4) is 0 Å². The molecule has 0 aromatic carbocycles. The summed E-state index contributed by atoms with van der Waals surface area (Å²) in [5.41, 5.74) is 5.68. The molecule has 3 nitrogen and oxygen atoms in total. The summed E-state index contributed by atoms with van der Waals surface area (Å²) < 4.78 is 0. The van der Waals surface area contributed by atoms with Crippen molar-refractivity contribution in [2.75, 3.05) is 13.1 Å². The average molecular weight is 224 g/mol. The highest BCUT2D eigenvalue weighted by Gasteiger charge is 2.31. The predicted molar refractivity (Wildman–Crippen MR) is 64.9 cm³/mol. The van der Waals surface area contributed by atoms with Crippen LogP contribution in [0, 0.1) is 17.8 Å². The summed E-state index contributed by atoms with van der Waals surface area (Å²) in [7, 11) is 0. The highest BCUT2D eigenvalue weighted by molar-refractivity contribution is 5.79. The summed E-state index contributed by atoms with van der Waals surface area (Å²) in [4.78, 5) is 11.9. The second kappa shape index (κ2) is 5.67. The highest BCUT2D eigenvalue weighted by Crippen LogP contribution is 2.33. The van der Waals surface area contributed by atoms with Crippen molar-refractivity contribution >= 4 is 5.91 Å². The number of carbonyl (C=O) groups excluding carboxylic acids is 1. The zero-order valence-electron chi connectivity index (χ0n) is 10.1. The van der Waals surface area contributed by atoms with E-state index >= 15 is 0 Å². The van der Waals surface area contributed by atoms with Crippen LogP contribution >= 0.6 is 0 Å². The van der Waals surface area contributed by atoms with Gasteiger partial charge in [-0.2, -0.15) is 0 Å². The maximum Gasteiger partial charge on any atom is 0.223 e. The number of rotatable bonds is 6. The van der Waals surface area contributed by atoms with Gasteiger partial charge in [-0.3, -0.25) is 4.79 Å². The van der Waals surface area contributed by atoms with Crippen molar-refractivity contribution in [1.82, 2.24) is 5.32 Å². The van der Waals surface area contributed by atoms with Crippen LogP contribution in [-0.4, -0.2) is 19.0 Å². The van der Waals surface area contributed by atoms with Crippen molar-refractivity contribution in [2.24, 2.45) is 23.5 Å². The lowest BCUT2D eigenvalue weighted by Crippen LogP contribution is -2.35. The maximum absolute atomic E-state index is 11.9. The smallest absolute Gasteiger partial charge is 0.223 e. The molecule has 2 aliphatic carbocycles. The van der Waals surface area contributed by atoms with E-state index < -0.39 is 0 Å². The van der Waals surface area contributed by atoms with Crippen molar-refractivity contribution in [3.63, 3.8) is 0 Å². The molecule has 0 aliphatic heterocycles. The van der Waals surface area contributed by atoms with E-state index in [1.165, 1.54) is 25.7 Å². The Morgan fingerprint density at radius 3 is 2.75 bits per heavy atom. The summed E-state index contributed by atoms with van der Waals surface area (Å²) >= 11 is 0. The average Bonchev–Trinajstić information content (AvgIpc) is 2.99. The van der Waals surface area contributed by atoms with E-state index in [9.17, 15) is 4.79 Å². The molecule has 0 saturated heterocycles. The zero-order chi connectivity index (χ0) is 11.4. The first-order valence-corrected chi connectivity index (χ1v) is 6.79. The third-order valence-electron chi connectivity index (χ3n) is 4.08. The fourth-order valence-corrected chi connectivity index (χ4v) is 2.80. The Kier molecular flexibility index (Phi) is 4.22. The fraction of sp³-hybridized carbons (Fsp3) is 0.923. The monoisotopic (exact) mass is 224 g/mol. The van der Waals surface area contributed by atoms with Gasteiger partial charge in [0, 0.05) is 12.5 Å². The van der Waals surface area contributed by atoms with E-state index in [1.54, 1.807) is 0 Å². The van der Waals surface area contributed by atoms with Crippen LogP contribution in [0.1, 0.15) is 44.9 Å². The second-order valence-electron chi connectivity index (χ2n) is 5.41. The predicted octanol–water partition coefficient (Wildman–Crippen LogP) is 1.67. The second-order valence-corrected chi connectivity index (χ2v) is 5.41. The van der Waals surface area contributed by atoms with E-state index in [1.807, 2.05) is 0 Å². The normalized spacial score (nSPS) is 29.3. The Labute approximate surface area is 98.2 Å². The lowest BCUT2D eigenvalue weighted by atomic mass is 9.95. The van der Waals surface area contributed by atoms with Gasteiger partial charge in [-0.15, -0.1) is 0 Å². The van der Waals surface area contributed by atoms with Gasteiger partial charge in [0.15, 0.2) is 0 Å². The van der Waals surface area contributed by atoms with Crippen LogP contribution in [0.5, 0.6) is 0 Å². The van der Waals surface area contributed by atoms with Gasteiger partial charge in [0.2, 0.25) is 5.91 Å². The molecule has 0 aromatic heterocycles. The molecule has 0 bridgehead atoms. The Morgan fingerprint density at radius 1 is 1.25 bits per heavy atom. The number of carbonyl (C=O) groups is 1. The van der Waals surface area contributed by atoms with Crippen molar-refractivity contribution in [1.29, 1.82) is 0 Å². The molecule has 2 fully saturated rings. The minimum absolute atomic E-state index is 0.200. The molecule has 2 rings (SSSR count). The fourth-order valence-electron chi connectivity index (χ4n) is 2.80. The van der Waals surface area contributed by atoms with Crippen LogP contribution in [0.3, 0.4) is 0 Å². The van der Waals surface area contributed by atoms with Gasteiger partial charge >= 0.3 is 0 Å². The molecule has 2 saturated carbocycles. The van der Waals surface area contributed by atoms with E-state index in [2.05, 4.69) is 5.32 Å². The topological polar surface area (TPSA) is 55.1 Å². The van der Waals surface area contributed by atoms with Crippen molar-refractivity contribution < 1.29 is 4.79 Å². The van der Waals surface area contributed by atoms with Crippen LogP contribution in [0.15, 0.2) is 0 Å². The molecule has 2 unspecified atom stereocenters. The summed E-state index contributed by atoms with van der Waals surface area (Å²) in [6.45, 7) is 1.53. The van der Waals surface area contributed by atoms with E-state index in [0.717, 1.165) is 31.7 Å². The molecular weight excluding hydrogens is 200 g/mol. The lowest BCUT2D eigenvalue weighted by molar-refractivity contribution is -0.125. The molecule has 0 aromatic rings. The minimum atomic E-state index is 0.200. The molecule has 1 amide bonds. The summed E-state index contributed by atoms with van der Waals surface area (Å²) in [6.07, 6.45) is 8.61. The molecular formula is C13H24N2O. The van der Waals surface area contributed by atoms with Gasteiger partial charge in [-0.25, -0.2) is 0 Å². The molecule has 2 atom stereocenters. The van der Waals surface area contributed by atoms with E-state index in [-0.39, 0.29) is 11.8 Å². The van der Waals surface area contributed by atoms with Crippen LogP contribution in [0.25, 0.3) is 0 Å². The summed E-state index contributed by atoms with van der Waals surface area (Å²) in [6, 6.07) is 0. The van der Waals surface area contributed by atoms with E-state index in [0.29, 0.717) is 12.5 Å². The highest BCUT2D eigenvalue weighted by atomic mass is 16.1. The quantitative estimate of drug-likeness (QED) is 0.674. The number of hydrogen-bond acceptors (Lipinski definition) is 2. The Morgan fingerprint density at radius 2 is 2.06 bits per heavy atom. The zero-order valence-corrected chi connectivity index (χ0v) is 10.1. The first-order chi connectivity index (χ1) is 7.81. The largest absolute Gasteiger partial charge is 0.356 e. The van der Waals surface area contributed by atoms with Gasteiger partial charge in [-0.1, -0.05) is 19.3 Å². The van der Waals surface area contributed by atoms with Crippen LogP contribution in [0.2, 0.25) is 0 Å². The first kappa shape index (κ1) is 11.9. The van der Waals surface area contributed by atoms with Crippen LogP contribution in [-0.2, 0) is 4.79 Å². The third-order valence-corrected chi connectivity index (χ3v) is 4.08. The van der Waals surface area contributed by atoms with Crippen molar-refractivity contribution in [2.45, 2.75) is 44.9 Å². The Bertz CT molecular complexity index is 238. The summed E-state index contributed by atoms with van der Waals surface area (Å²) in [5, 5.41) is 3.08. The molecule has 0 radical (unpaired) electrons. The molecule has 0 heterocycles. The minimum Gasteiger partial charge on any atom is -0.356 e. The van der Waals surface area contributed by atoms with Gasteiger partial charge < -0.3 is 11.1 Å². The lowest BCUT2D eigenvalue weighted by Gasteiger charge is -2.17. The Hall–Kier alpha value is -0.570. The molecule has 16 heavy (non-hydrogen) atoms. The molecule has 2 aliphatic rings. The van der Waals surface area contributed by atoms with Gasteiger partial charge in [0.05, 0.1) is 0 Å². The number of hydrogen-bond donors (Lipinski definition) is 2. The van der Waals surface area contributed by atoms with Crippen LogP contribution < -0.4 is 11.1 Å². The molecule has 3 heteroatoms.